The molecule has 19 heavy (non-hydrogen) atoms. The van der Waals surface area contributed by atoms with Gasteiger partial charge in [-0.15, -0.1) is 0 Å². The number of carbonyl (C=O) groups excluding carboxylic acids is 1. The van der Waals surface area contributed by atoms with Gasteiger partial charge in [0, 0.05) is 26.8 Å². The van der Waals surface area contributed by atoms with Crippen LogP contribution in [0.1, 0.15) is 5.56 Å². The fraction of sp³-hybridized carbons (Fsp3) is 0.455. The van der Waals surface area contributed by atoms with E-state index in [1.807, 2.05) is 14.1 Å². The molecule has 0 aromatic carbocycles. The summed E-state index contributed by atoms with van der Waals surface area (Å²) < 4.78 is 35.7. The van der Waals surface area contributed by atoms with Gasteiger partial charge in [-0.2, -0.15) is 13.2 Å². The van der Waals surface area contributed by atoms with Crippen LogP contribution in [-0.4, -0.2) is 36.2 Å². The van der Waals surface area contributed by atoms with Gasteiger partial charge in [0.2, 0.25) is 5.91 Å². The largest absolute Gasteiger partial charge is 0.442 e. The monoisotopic (exact) mass is 293 g/mol. The van der Waals surface area contributed by atoms with Crippen molar-refractivity contribution in [2.75, 3.05) is 24.7 Å². The number of aromatic nitrogens is 1. The Hall–Kier alpha value is -1.44. The normalized spacial score (nSPS) is 11.2. The molecule has 1 aromatic rings. The van der Waals surface area contributed by atoms with Crippen LogP contribution < -0.4 is 10.2 Å². The Morgan fingerprint density at radius 1 is 1.47 bits per heavy atom. The van der Waals surface area contributed by atoms with Crippen LogP contribution in [0, 0.1) is 0 Å². The molecule has 0 aliphatic rings. The predicted octanol–water partition coefficient (Wildman–Crippen LogP) is 2.02. The molecule has 0 radical (unpaired) electrons. The molecule has 1 amide bonds. The maximum absolute atomic E-state index is 11.9. The number of pyridine rings is 1. The molecular weight excluding hydrogens is 279 g/mol. The van der Waals surface area contributed by atoms with Gasteiger partial charge in [0.1, 0.15) is 5.82 Å². The number of nitrogens with zero attached hydrogens (tertiary/aromatic N) is 2. The number of hydrogen-bond acceptors (Lipinski definition) is 4. The van der Waals surface area contributed by atoms with E-state index < -0.39 is 17.2 Å². The minimum atomic E-state index is -4.38. The van der Waals surface area contributed by atoms with Crippen LogP contribution >= 0.6 is 11.8 Å². The molecule has 1 aromatic heterocycles. The molecule has 0 unspecified atom stereocenters. The Morgan fingerprint density at radius 2 is 2.16 bits per heavy atom. The van der Waals surface area contributed by atoms with Crippen molar-refractivity contribution in [3.63, 3.8) is 0 Å². The summed E-state index contributed by atoms with van der Waals surface area (Å²) in [4.78, 5) is 17.1. The lowest BCUT2D eigenvalue weighted by Crippen LogP contribution is -2.26. The lowest BCUT2D eigenvalue weighted by Gasteiger charge is -2.12. The summed E-state index contributed by atoms with van der Waals surface area (Å²) in [6, 6.07) is 3.46. The Kier molecular flexibility index (Phi) is 5.46. The molecule has 1 rings (SSSR count). The second-order valence-electron chi connectivity index (χ2n) is 3.93. The van der Waals surface area contributed by atoms with Crippen molar-refractivity contribution in [1.29, 1.82) is 0 Å². The first-order chi connectivity index (χ1) is 8.78. The van der Waals surface area contributed by atoms with Crippen molar-refractivity contribution in [2.24, 2.45) is 0 Å². The van der Waals surface area contributed by atoms with E-state index in [2.05, 4.69) is 10.3 Å². The molecule has 0 saturated heterocycles. The molecule has 1 heterocycles. The molecule has 8 heteroatoms. The van der Waals surface area contributed by atoms with Gasteiger partial charge in [-0.1, -0.05) is 0 Å². The number of carbonyl (C=O) groups is 1. The Balaban J connectivity index is 2.44. The van der Waals surface area contributed by atoms with E-state index in [1.165, 1.54) is 0 Å². The van der Waals surface area contributed by atoms with E-state index in [4.69, 9.17) is 0 Å². The number of thioether (sulfide) groups is 1. The molecule has 0 saturated carbocycles. The van der Waals surface area contributed by atoms with Gasteiger partial charge in [0.15, 0.2) is 0 Å². The molecule has 106 valence electrons. The van der Waals surface area contributed by atoms with Crippen LogP contribution in [0.4, 0.5) is 19.0 Å². The van der Waals surface area contributed by atoms with Crippen LogP contribution in [0.25, 0.3) is 0 Å². The summed E-state index contributed by atoms with van der Waals surface area (Å²) in [5, 5.41) is 2.43. The van der Waals surface area contributed by atoms with Crippen LogP contribution in [0.15, 0.2) is 18.3 Å². The highest BCUT2D eigenvalue weighted by molar-refractivity contribution is 8.00. The molecule has 4 nitrogen and oxygen atoms in total. The molecule has 1 N–H and O–H groups in total. The minimum Gasteiger partial charge on any atom is -0.363 e. The molecular formula is C11H14F3N3OS. The van der Waals surface area contributed by atoms with Crippen molar-refractivity contribution in [1.82, 2.24) is 10.3 Å². The maximum atomic E-state index is 11.9. The van der Waals surface area contributed by atoms with Crippen LogP contribution in [-0.2, 0) is 11.3 Å². The highest BCUT2D eigenvalue weighted by Gasteiger charge is 2.29. The SMILES string of the molecule is CN(C)c1cc(CNC(=O)CSC(F)(F)F)ccn1. The minimum absolute atomic E-state index is 0.181. The first-order valence-corrected chi connectivity index (χ1v) is 6.36. The zero-order valence-corrected chi connectivity index (χ0v) is 11.3. The summed E-state index contributed by atoms with van der Waals surface area (Å²) in [5.74, 6) is -0.559. The van der Waals surface area contributed by atoms with Crippen molar-refractivity contribution < 1.29 is 18.0 Å². The smallest absolute Gasteiger partial charge is 0.363 e. The Labute approximate surface area is 113 Å². The molecule has 0 fully saturated rings. The fourth-order valence-electron chi connectivity index (χ4n) is 1.21. The first-order valence-electron chi connectivity index (χ1n) is 5.37. The number of halogens is 3. The van der Waals surface area contributed by atoms with Gasteiger partial charge >= 0.3 is 5.51 Å². The molecule has 0 aliphatic carbocycles. The third kappa shape index (κ3) is 6.32. The summed E-state index contributed by atoms with van der Waals surface area (Å²) in [6.45, 7) is 0.181. The summed E-state index contributed by atoms with van der Waals surface area (Å²) >= 11 is -0.348. The Morgan fingerprint density at radius 3 is 2.74 bits per heavy atom. The summed E-state index contributed by atoms with van der Waals surface area (Å²) in [5.41, 5.74) is -3.60. The average molecular weight is 293 g/mol. The number of anilines is 1. The number of alkyl halides is 3. The van der Waals surface area contributed by atoms with E-state index >= 15 is 0 Å². The standard InChI is InChI=1S/C11H14F3N3OS/c1-17(2)9-5-8(3-4-15-9)6-16-10(18)7-19-11(12,13)14/h3-5H,6-7H2,1-2H3,(H,16,18). The lowest BCUT2D eigenvalue weighted by atomic mass is 10.2. The number of amides is 1. The Bertz CT molecular complexity index is 437. The van der Waals surface area contributed by atoms with Gasteiger partial charge < -0.3 is 10.2 Å². The van der Waals surface area contributed by atoms with Crippen molar-refractivity contribution in [2.45, 2.75) is 12.1 Å². The van der Waals surface area contributed by atoms with Gasteiger partial charge in [0.05, 0.1) is 5.75 Å². The zero-order valence-electron chi connectivity index (χ0n) is 10.5. The van der Waals surface area contributed by atoms with E-state index in [-0.39, 0.29) is 18.3 Å². The molecule has 0 aliphatic heterocycles. The van der Waals surface area contributed by atoms with Crippen LogP contribution in [0.2, 0.25) is 0 Å². The van der Waals surface area contributed by atoms with Gasteiger partial charge in [-0.3, -0.25) is 4.79 Å². The highest BCUT2D eigenvalue weighted by Crippen LogP contribution is 2.29. The van der Waals surface area contributed by atoms with Gasteiger partial charge in [-0.25, -0.2) is 4.98 Å². The van der Waals surface area contributed by atoms with Gasteiger partial charge in [-0.05, 0) is 29.5 Å². The molecule has 0 spiro atoms. The zero-order chi connectivity index (χ0) is 14.5. The van der Waals surface area contributed by atoms with Crippen molar-refractivity contribution >= 4 is 23.5 Å². The second kappa shape index (κ2) is 6.65. The third-order valence-electron chi connectivity index (χ3n) is 2.12. The first kappa shape index (κ1) is 15.6. The quantitative estimate of drug-likeness (QED) is 0.902. The third-order valence-corrected chi connectivity index (χ3v) is 2.86. The molecule has 0 bridgehead atoms. The van der Waals surface area contributed by atoms with Crippen LogP contribution in [0.5, 0.6) is 0 Å². The number of hydrogen-bond donors (Lipinski definition) is 1. The maximum Gasteiger partial charge on any atom is 0.442 e. The summed E-state index contributed by atoms with van der Waals surface area (Å²) in [7, 11) is 3.65. The van der Waals surface area contributed by atoms with E-state index in [0.29, 0.717) is 0 Å². The fourth-order valence-corrected chi connectivity index (χ4v) is 1.61. The van der Waals surface area contributed by atoms with E-state index in [9.17, 15) is 18.0 Å². The second-order valence-corrected chi connectivity index (χ2v) is 4.97. The predicted molar refractivity (Wildman–Crippen MR) is 68.9 cm³/mol. The topological polar surface area (TPSA) is 45.2 Å². The van der Waals surface area contributed by atoms with Crippen molar-refractivity contribution in [3.05, 3.63) is 23.9 Å². The van der Waals surface area contributed by atoms with Crippen LogP contribution in [0.3, 0.4) is 0 Å². The summed E-state index contributed by atoms with van der Waals surface area (Å²) in [6.07, 6.45) is 1.58. The van der Waals surface area contributed by atoms with Crippen molar-refractivity contribution in [3.8, 4) is 0 Å². The average Bonchev–Trinajstić information content (AvgIpc) is 2.33. The lowest BCUT2D eigenvalue weighted by molar-refractivity contribution is -0.119. The molecule has 0 atom stereocenters. The number of rotatable bonds is 5. The van der Waals surface area contributed by atoms with E-state index in [1.54, 1.807) is 23.2 Å². The highest BCUT2D eigenvalue weighted by atomic mass is 32.2. The van der Waals surface area contributed by atoms with E-state index in [0.717, 1.165) is 11.4 Å². The number of nitrogens with one attached hydrogen (secondary N) is 1. The van der Waals surface area contributed by atoms with Gasteiger partial charge in [0.25, 0.3) is 0 Å².